The van der Waals surface area contributed by atoms with E-state index >= 15 is 0 Å². The summed E-state index contributed by atoms with van der Waals surface area (Å²) in [6.45, 7) is 13.5. The van der Waals surface area contributed by atoms with Crippen molar-refractivity contribution in [2.24, 2.45) is 0 Å². The van der Waals surface area contributed by atoms with Crippen LogP contribution in [0.5, 0.6) is 0 Å². The standard InChI is InChI=1S/C7H12O.C2H4/c1-5-6(2)7(3)8-4;1-2/h5H,1H2,2-4H3;1-2H2/b7-6+;. The lowest BCUT2D eigenvalue weighted by Gasteiger charge is -1.99. The molecule has 0 saturated heterocycles. The van der Waals surface area contributed by atoms with E-state index in [1.165, 1.54) is 0 Å². The summed E-state index contributed by atoms with van der Waals surface area (Å²) in [5.74, 6) is 0.931. The molecular formula is C9H16O. The van der Waals surface area contributed by atoms with Gasteiger partial charge in [0.1, 0.15) is 0 Å². The molecular weight excluding hydrogens is 124 g/mol. The molecule has 0 radical (unpaired) electrons. The van der Waals surface area contributed by atoms with Crippen LogP contribution in [0, 0.1) is 0 Å². The number of allylic oxidation sites excluding steroid dienone is 3. The first-order valence-electron chi connectivity index (χ1n) is 3.06. The molecule has 0 rings (SSSR count). The second-order valence-electron chi connectivity index (χ2n) is 1.65. The number of hydrogen-bond donors (Lipinski definition) is 0. The summed E-state index contributed by atoms with van der Waals surface area (Å²) < 4.78 is 4.91. The molecule has 0 atom stereocenters. The quantitative estimate of drug-likeness (QED) is 0.325. The fourth-order valence-corrected chi connectivity index (χ4v) is 0.305. The van der Waals surface area contributed by atoms with Crippen molar-refractivity contribution in [2.75, 3.05) is 7.11 Å². The molecule has 58 valence electrons. The summed E-state index contributed by atoms with van der Waals surface area (Å²) in [6.07, 6.45) is 1.78. The van der Waals surface area contributed by atoms with E-state index < -0.39 is 0 Å². The van der Waals surface area contributed by atoms with Gasteiger partial charge in [0, 0.05) is 0 Å². The third-order valence-electron chi connectivity index (χ3n) is 1.17. The lowest BCUT2D eigenvalue weighted by atomic mass is 10.3. The Bertz CT molecular complexity index is 123. The van der Waals surface area contributed by atoms with Gasteiger partial charge in [0.05, 0.1) is 12.9 Å². The van der Waals surface area contributed by atoms with Crippen molar-refractivity contribution in [3.63, 3.8) is 0 Å². The fourth-order valence-electron chi connectivity index (χ4n) is 0.305. The van der Waals surface area contributed by atoms with Gasteiger partial charge in [0.15, 0.2) is 0 Å². The maximum absolute atomic E-state index is 4.91. The van der Waals surface area contributed by atoms with E-state index in [0.29, 0.717) is 0 Å². The normalized spacial score (nSPS) is 10.3. The summed E-state index contributed by atoms with van der Waals surface area (Å²) in [5, 5.41) is 0. The van der Waals surface area contributed by atoms with E-state index in [2.05, 4.69) is 19.7 Å². The zero-order valence-electron chi connectivity index (χ0n) is 7.11. The molecule has 0 aliphatic heterocycles. The van der Waals surface area contributed by atoms with Crippen LogP contribution in [-0.4, -0.2) is 7.11 Å². The van der Waals surface area contributed by atoms with E-state index in [-0.39, 0.29) is 0 Å². The minimum Gasteiger partial charge on any atom is -0.501 e. The van der Waals surface area contributed by atoms with Crippen molar-refractivity contribution in [2.45, 2.75) is 13.8 Å². The monoisotopic (exact) mass is 140 g/mol. The summed E-state index contributed by atoms with van der Waals surface area (Å²) in [4.78, 5) is 0. The van der Waals surface area contributed by atoms with Gasteiger partial charge in [-0.3, -0.25) is 0 Å². The summed E-state index contributed by atoms with van der Waals surface area (Å²) in [7, 11) is 1.66. The molecule has 0 aliphatic rings. The highest BCUT2D eigenvalue weighted by Crippen LogP contribution is 2.02. The summed E-state index contributed by atoms with van der Waals surface area (Å²) in [6, 6.07) is 0. The van der Waals surface area contributed by atoms with Gasteiger partial charge in [-0.25, -0.2) is 0 Å². The van der Waals surface area contributed by atoms with Crippen molar-refractivity contribution in [3.05, 3.63) is 37.1 Å². The molecule has 0 aromatic heterocycles. The molecule has 10 heavy (non-hydrogen) atoms. The van der Waals surface area contributed by atoms with Crippen LogP contribution in [0.4, 0.5) is 0 Å². The highest BCUT2D eigenvalue weighted by atomic mass is 16.5. The van der Waals surface area contributed by atoms with Crippen LogP contribution in [0.1, 0.15) is 13.8 Å². The molecule has 0 heterocycles. The largest absolute Gasteiger partial charge is 0.501 e. The van der Waals surface area contributed by atoms with Crippen LogP contribution in [0.25, 0.3) is 0 Å². The number of ether oxygens (including phenoxy) is 1. The van der Waals surface area contributed by atoms with Gasteiger partial charge >= 0.3 is 0 Å². The maximum Gasteiger partial charge on any atom is 0.0953 e. The Labute approximate surface area is 63.7 Å². The molecule has 0 amide bonds. The molecule has 0 aromatic rings. The van der Waals surface area contributed by atoms with Crippen LogP contribution >= 0.6 is 0 Å². The lowest BCUT2D eigenvalue weighted by molar-refractivity contribution is 0.290. The average molecular weight is 140 g/mol. The van der Waals surface area contributed by atoms with Crippen LogP contribution < -0.4 is 0 Å². The van der Waals surface area contributed by atoms with Gasteiger partial charge in [-0.2, -0.15) is 0 Å². The topological polar surface area (TPSA) is 9.23 Å². The maximum atomic E-state index is 4.91. The fraction of sp³-hybridized carbons (Fsp3) is 0.333. The molecule has 1 nitrogen and oxygen atoms in total. The Morgan fingerprint density at radius 2 is 1.70 bits per heavy atom. The summed E-state index contributed by atoms with van der Waals surface area (Å²) in [5.41, 5.74) is 1.09. The third kappa shape index (κ3) is 5.16. The van der Waals surface area contributed by atoms with Crippen molar-refractivity contribution < 1.29 is 4.74 Å². The molecule has 0 aliphatic carbocycles. The van der Waals surface area contributed by atoms with E-state index in [1.807, 2.05) is 13.8 Å². The Hall–Kier alpha value is -0.980. The van der Waals surface area contributed by atoms with Crippen LogP contribution in [0.15, 0.2) is 37.1 Å². The van der Waals surface area contributed by atoms with E-state index in [1.54, 1.807) is 13.2 Å². The lowest BCUT2D eigenvalue weighted by Crippen LogP contribution is -1.81. The third-order valence-corrected chi connectivity index (χ3v) is 1.17. The molecule has 0 spiro atoms. The minimum atomic E-state index is 0.931. The van der Waals surface area contributed by atoms with Crippen LogP contribution in [-0.2, 0) is 4.74 Å². The zero-order chi connectivity index (χ0) is 8.57. The zero-order valence-corrected chi connectivity index (χ0v) is 7.11. The molecule has 0 N–H and O–H groups in total. The van der Waals surface area contributed by atoms with Gasteiger partial charge in [0.25, 0.3) is 0 Å². The molecule has 0 fully saturated rings. The highest BCUT2D eigenvalue weighted by Gasteiger charge is 1.86. The molecule has 0 unspecified atom stereocenters. The van der Waals surface area contributed by atoms with Crippen molar-refractivity contribution in [3.8, 4) is 0 Å². The highest BCUT2D eigenvalue weighted by molar-refractivity contribution is 5.15. The minimum absolute atomic E-state index is 0.931. The van der Waals surface area contributed by atoms with E-state index in [0.717, 1.165) is 11.3 Å². The number of methoxy groups -OCH3 is 1. The first-order chi connectivity index (χ1) is 4.72. The first kappa shape index (κ1) is 11.8. The predicted octanol–water partition coefficient (Wildman–Crippen LogP) is 2.91. The Morgan fingerprint density at radius 3 is 1.80 bits per heavy atom. The van der Waals surface area contributed by atoms with Crippen LogP contribution in [0.2, 0.25) is 0 Å². The van der Waals surface area contributed by atoms with Gasteiger partial charge in [-0.1, -0.05) is 12.7 Å². The van der Waals surface area contributed by atoms with Gasteiger partial charge in [-0.15, -0.1) is 13.2 Å². The van der Waals surface area contributed by atoms with Crippen molar-refractivity contribution in [1.29, 1.82) is 0 Å². The molecule has 1 heteroatoms. The molecule has 0 aromatic carbocycles. The van der Waals surface area contributed by atoms with Crippen LogP contribution in [0.3, 0.4) is 0 Å². The second kappa shape index (κ2) is 8.02. The Kier molecular flexibility index (Phi) is 9.44. The predicted molar refractivity (Wildman–Crippen MR) is 46.8 cm³/mol. The average Bonchev–Trinajstić information content (AvgIpc) is 2.05. The van der Waals surface area contributed by atoms with E-state index in [4.69, 9.17) is 4.74 Å². The number of hydrogen-bond acceptors (Lipinski definition) is 1. The number of rotatable bonds is 2. The molecule has 0 saturated carbocycles. The Balaban J connectivity index is 0. The molecule has 0 bridgehead atoms. The van der Waals surface area contributed by atoms with E-state index in [9.17, 15) is 0 Å². The summed E-state index contributed by atoms with van der Waals surface area (Å²) >= 11 is 0. The van der Waals surface area contributed by atoms with Gasteiger partial charge in [-0.05, 0) is 19.4 Å². The first-order valence-corrected chi connectivity index (χ1v) is 3.06. The van der Waals surface area contributed by atoms with Crippen molar-refractivity contribution in [1.82, 2.24) is 0 Å². The SMILES string of the molecule is C=C.C=C/C(C)=C(\C)OC. The Morgan fingerprint density at radius 1 is 1.30 bits per heavy atom. The van der Waals surface area contributed by atoms with Gasteiger partial charge in [0.2, 0.25) is 0 Å². The van der Waals surface area contributed by atoms with Crippen molar-refractivity contribution >= 4 is 0 Å². The smallest absolute Gasteiger partial charge is 0.0953 e. The van der Waals surface area contributed by atoms with Gasteiger partial charge < -0.3 is 4.74 Å². The second-order valence-corrected chi connectivity index (χ2v) is 1.65.